The van der Waals surface area contributed by atoms with Crippen LogP contribution in [0, 0.1) is 11.8 Å². The molecule has 1 amide bonds. The molecule has 104 valence electrons. The lowest BCUT2D eigenvalue weighted by molar-refractivity contribution is -0.137. The first-order valence-electron chi connectivity index (χ1n) is 6.58. The van der Waals surface area contributed by atoms with Crippen LogP contribution in [0.25, 0.3) is 0 Å². The second-order valence-corrected chi connectivity index (χ2v) is 5.07. The summed E-state index contributed by atoms with van der Waals surface area (Å²) in [6.45, 7) is 6.48. The van der Waals surface area contributed by atoms with Gasteiger partial charge in [0, 0.05) is 13.0 Å². The summed E-state index contributed by atoms with van der Waals surface area (Å²) in [5.41, 5.74) is 0. The number of rotatable bonds is 6. The molecule has 18 heavy (non-hydrogen) atoms. The molecule has 0 aromatic rings. The van der Waals surface area contributed by atoms with Crippen LogP contribution < -0.4 is 5.32 Å². The van der Waals surface area contributed by atoms with Gasteiger partial charge in [-0.3, -0.25) is 9.59 Å². The molecule has 1 saturated heterocycles. The highest BCUT2D eigenvalue weighted by molar-refractivity contribution is 5.79. The van der Waals surface area contributed by atoms with Gasteiger partial charge < -0.3 is 15.2 Å². The van der Waals surface area contributed by atoms with E-state index in [1.54, 1.807) is 0 Å². The number of hydrogen-bond acceptors (Lipinski definition) is 3. The largest absolute Gasteiger partial charge is 0.481 e. The normalized spacial score (nSPS) is 31.3. The van der Waals surface area contributed by atoms with Gasteiger partial charge in [0.25, 0.3) is 0 Å². The number of hydrogen-bond donors (Lipinski definition) is 2. The van der Waals surface area contributed by atoms with Crippen LogP contribution in [0.3, 0.4) is 0 Å². The quantitative estimate of drug-likeness (QED) is 0.706. The van der Waals surface area contributed by atoms with Gasteiger partial charge in [-0.2, -0.15) is 0 Å². The Balaban J connectivity index is 2.26. The van der Waals surface area contributed by atoms with Gasteiger partial charge in [0.1, 0.15) is 0 Å². The highest BCUT2D eigenvalue weighted by atomic mass is 16.5. The molecule has 1 aliphatic heterocycles. The Bertz CT molecular complexity index is 305. The fraction of sp³-hybridized carbons (Fsp3) is 0.846. The molecular formula is C13H23NO4. The zero-order valence-electron chi connectivity index (χ0n) is 11.3. The number of unbranched alkanes of at least 4 members (excludes halogenated alkanes) is 1. The average Bonchev–Trinajstić information content (AvgIpc) is 2.52. The third-order valence-electron chi connectivity index (χ3n) is 3.66. The van der Waals surface area contributed by atoms with Crippen LogP contribution in [0.2, 0.25) is 0 Å². The van der Waals surface area contributed by atoms with Gasteiger partial charge in [-0.25, -0.2) is 0 Å². The average molecular weight is 257 g/mol. The predicted octanol–water partition coefficient (Wildman–Crippen LogP) is 1.42. The molecule has 4 unspecified atom stereocenters. The van der Waals surface area contributed by atoms with Crippen molar-refractivity contribution in [3.63, 3.8) is 0 Å². The van der Waals surface area contributed by atoms with Gasteiger partial charge in [0.2, 0.25) is 5.91 Å². The van der Waals surface area contributed by atoms with Crippen molar-refractivity contribution >= 4 is 11.9 Å². The van der Waals surface area contributed by atoms with E-state index in [1.165, 1.54) is 0 Å². The van der Waals surface area contributed by atoms with E-state index in [2.05, 4.69) is 5.32 Å². The molecule has 0 saturated carbocycles. The standard InChI is InChI=1S/C13H23NO4/c1-8-9(2)18-10(3)12(8)13(17)14-7-5-4-6-11(15)16/h8-10,12H,4-7H2,1-3H3,(H,14,17)(H,15,16). The Hall–Kier alpha value is -1.10. The maximum atomic E-state index is 12.0. The van der Waals surface area contributed by atoms with Crippen molar-refractivity contribution in [2.24, 2.45) is 11.8 Å². The van der Waals surface area contributed by atoms with Crippen molar-refractivity contribution in [1.29, 1.82) is 0 Å². The first kappa shape index (κ1) is 15.0. The number of ether oxygens (including phenoxy) is 1. The van der Waals surface area contributed by atoms with Crippen molar-refractivity contribution in [2.45, 2.75) is 52.2 Å². The maximum Gasteiger partial charge on any atom is 0.303 e. The molecule has 0 aromatic carbocycles. The molecule has 1 rings (SSSR count). The molecule has 1 fully saturated rings. The van der Waals surface area contributed by atoms with E-state index in [4.69, 9.17) is 9.84 Å². The summed E-state index contributed by atoms with van der Waals surface area (Å²) in [5.74, 6) is -0.644. The van der Waals surface area contributed by atoms with Gasteiger partial charge in [-0.15, -0.1) is 0 Å². The molecule has 5 nitrogen and oxygen atoms in total. The lowest BCUT2D eigenvalue weighted by atomic mass is 9.89. The molecule has 0 bridgehead atoms. The van der Waals surface area contributed by atoms with E-state index in [0.717, 1.165) is 0 Å². The summed E-state index contributed by atoms with van der Waals surface area (Å²) in [4.78, 5) is 22.3. The van der Waals surface area contributed by atoms with Crippen LogP contribution in [0.5, 0.6) is 0 Å². The Morgan fingerprint density at radius 2 is 1.83 bits per heavy atom. The van der Waals surface area contributed by atoms with Crippen molar-refractivity contribution in [3.8, 4) is 0 Å². The van der Waals surface area contributed by atoms with Crippen molar-refractivity contribution in [3.05, 3.63) is 0 Å². The molecule has 1 heterocycles. The summed E-state index contributed by atoms with van der Waals surface area (Å²) in [5, 5.41) is 11.4. The Morgan fingerprint density at radius 3 is 2.33 bits per heavy atom. The minimum absolute atomic E-state index is 0.0228. The molecule has 0 aromatic heterocycles. The predicted molar refractivity (Wildman–Crippen MR) is 67.2 cm³/mol. The van der Waals surface area contributed by atoms with Crippen LogP contribution in [0.15, 0.2) is 0 Å². The minimum atomic E-state index is -0.790. The first-order chi connectivity index (χ1) is 8.43. The fourth-order valence-electron chi connectivity index (χ4n) is 2.45. The zero-order chi connectivity index (χ0) is 13.7. The van der Waals surface area contributed by atoms with Gasteiger partial charge in [0.05, 0.1) is 18.1 Å². The highest BCUT2D eigenvalue weighted by Gasteiger charge is 2.41. The van der Waals surface area contributed by atoms with Gasteiger partial charge >= 0.3 is 5.97 Å². The molecule has 1 aliphatic rings. The van der Waals surface area contributed by atoms with Crippen molar-refractivity contribution in [2.75, 3.05) is 6.54 Å². The summed E-state index contributed by atoms with van der Waals surface area (Å²) in [6, 6.07) is 0. The van der Waals surface area contributed by atoms with Gasteiger partial charge in [0.15, 0.2) is 0 Å². The Morgan fingerprint density at radius 1 is 1.17 bits per heavy atom. The Kier molecular flexibility index (Phi) is 5.59. The lowest BCUT2D eigenvalue weighted by Gasteiger charge is -2.17. The molecule has 0 aliphatic carbocycles. The second kappa shape index (κ2) is 6.73. The van der Waals surface area contributed by atoms with E-state index in [0.29, 0.717) is 19.4 Å². The number of carbonyl (C=O) groups is 2. The van der Waals surface area contributed by atoms with Crippen LogP contribution >= 0.6 is 0 Å². The smallest absolute Gasteiger partial charge is 0.303 e. The zero-order valence-corrected chi connectivity index (χ0v) is 11.3. The number of carboxylic acids is 1. The van der Waals surface area contributed by atoms with Crippen LogP contribution in [-0.2, 0) is 14.3 Å². The first-order valence-corrected chi connectivity index (χ1v) is 6.58. The Labute approximate surface area is 108 Å². The van der Waals surface area contributed by atoms with E-state index < -0.39 is 5.97 Å². The summed E-state index contributed by atoms with van der Waals surface area (Å²) in [7, 11) is 0. The van der Waals surface area contributed by atoms with Crippen LogP contribution in [0.4, 0.5) is 0 Å². The van der Waals surface area contributed by atoms with E-state index in [1.807, 2.05) is 20.8 Å². The molecule has 0 spiro atoms. The second-order valence-electron chi connectivity index (χ2n) is 5.07. The lowest BCUT2D eigenvalue weighted by Crippen LogP contribution is -2.37. The summed E-state index contributed by atoms with van der Waals surface area (Å²) >= 11 is 0. The number of carboxylic acid groups (broad SMARTS) is 1. The summed E-state index contributed by atoms with van der Waals surface area (Å²) in [6.07, 6.45) is 1.52. The minimum Gasteiger partial charge on any atom is -0.481 e. The SMILES string of the molecule is CC1OC(C)C(C(=O)NCCCCC(=O)O)C1C. The molecule has 4 atom stereocenters. The molecular weight excluding hydrogens is 234 g/mol. The van der Waals surface area contributed by atoms with E-state index in [9.17, 15) is 9.59 Å². The topological polar surface area (TPSA) is 75.6 Å². The third kappa shape index (κ3) is 3.98. The van der Waals surface area contributed by atoms with Crippen molar-refractivity contribution < 1.29 is 19.4 Å². The number of nitrogens with one attached hydrogen (secondary N) is 1. The van der Waals surface area contributed by atoms with Gasteiger partial charge in [-0.1, -0.05) is 6.92 Å². The van der Waals surface area contributed by atoms with Crippen LogP contribution in [0.1, 0.15) is 40.0 Å². The maximum absolute atomic E-state index is 12.0. The van der Waals surface area contributed by atoms with Gasteiger partial charge in [-0.05, 0) is 32.6 Å². The van der Waals surface area contributed by atoms with Crippen molar-refractivity contribution in [1.82, 2.24) is 5.32 Å². The molecule has 5 heteroatoms. The van der Waals surface area contributed by atoms with Crippen LogP contribution in [-0.4, -0.2) is 35.7 Å². The molecule has 0 radical (unpaired) electrons. The molecule has 2 N–H and O–H groups in total. The number of carbonyl (C=O) groups excluding carboxylic acids is 1. The monoisotopic (exact) mass is 257 g/mol. The summed E-state index contributed by atoms with van der Waals surface area (Å²) < 4.78 is 5.63. The fourth-order valence-corrected chi connectivity index (χ4v) is 2.45. The number of aliphatic carboxylic acids is 1. The number of amides is 1. The highest BCUT2D eigenvalue weighted by Crippen LogP contribution is 2.32. The van der Waals surface area contributed by atoms with E-state index >= 15 is 0 Å². The van der Waals surface area contributed by atoms with E-state index in [-0.39, 0.29) is 36.4 Å². The third-order valence-corrected chi connectivity index (χ3v) is 3.66.